The van der Waals surface area contributed by atoms with Crippen LogP contribution < -0.4 is 10.6 Å². The lowest BCUT2D eigenvalue weighted by Crippen LogP contribution is -2.39. The molecule has 0 amide bonds. The zero-order chi connectivity index (χ0) is 11.2. The van der Waals surface area contributed by atoms with E-state index in [1.807, 2.05) is 7.11 Å². The van der Waals surface area contributed by atoms with Crippen LogP contribution in [-0.2, 0) is 4.74 Å². The second-order valence-electron chi connectivity index (χ2n) is 5.27. The van der Waals surface area contributed by atoms with Crippen molar-refractivity contribution in [3.05, 3.63) is 0 Å². The van der Waals surface area contributed by atoms with Crippen molar-refractivity contribution in [3.8, 4) is 0 Å². The molecular weight excluding hydrogens is 200 g/mol. The molecule has 0 aromatic carbocycles. The molecule has 1 heterocycles. The van der Waals surface area contributed by atoms with Gasteiger partial charge < -0.3 is 15.4 Å². The molecule has 1 aliphatic heterocycles. The third-order valence-corrected chi connectivity index (χ3v) is 4.11. The fraction of sp³-hybridized carbons (Fsp3) is 1.00. The Bertz CT molecular complexity index is 192. The maximum Gasteiger partial charge on any atom is 0.0724 e. The highest BCUT2D eigenvalue weighted by atomic mass is 16.5. The third kappa shape index (κ3) is 3.44. The molecule has 1 saturated carbocycles. The van der Waals surface area contributed by atoms with Crippen LogP contribution in [0.3, 0.4) is 0 Å². The third-order valence-electron chi connectivity index (χ3n) is 4.11. The van der Waals surface area contributed by atoms with Gasteiger partial charge in [0.15, 0.2) is 0 Å². The van der Waals surface area contributed by atoms with E-state index < -0.39 is 0 Å². The molecule has 0 spiro atoms. The minimum atomic E-state index is 0.462. The van der Waals surface area contributed by atoms with Crippen molar-refractivity contribution < 1.29 is 4.74 Å². The highest BCUT2D eigenvalue weighted by molar-refractivity contribution is 4.84. The molecule has 0 bridgehead atoms. The summed E-state index contributed by atoms with van der Waals surface area (Å²) in [5.41, 5.74) is 0. The second-order valence-corrected chi connectivity index (χ2v) is 5.27. The first-order valence-electron chi connectivity index (χ1n) is 6.87. The predicted octanol–water partition coefficient (Wildman–Crippen LogP) is 1.53. The molecule has 2 fully saturated rings. The van der Waals surface area contributed by atoms with E-state index in [-0.39, 0.29) is 0 Å². The van der Waals surface area contributed by atoms with Crippen LogP contribution in [0.5, 0.6) is 0 Å². The van der Waals surface area contributed by atoms with Gasteiger partial charge in [0.05, 0.1) is 6.10 Å². The summed E-state index contributed by atoms with van der Waals surface area (Å²) < 4.78 is 5.49. The second kappa shape index (κ2) is 6.58. The summed E-state index contributed by atoms with van der Waals surface area (Å²) in [4.78, 5) is 0. The fourth-order valence-corrected chi connectivity index (χ4v) is 3.08. The van der Waals surface area contributed by atoms with Gasteiger partial charge in [-0.05, 0) is 64.1 Å². The Labute approximate surface area is 99.3 Å². The molecule has 16 heavy (non-hydrogen) atoms. The van der Waals surface area contributed by atoms with Crippen LogP contribution in [0.2, 0.25) is 0 Å². The summed E-state index contributed by atoms with van der Waals surface area (Å²) in [6.07, 6.45) is 8.40. The van der Waals surface area contributed by atoms with Gasteiger partial charge in [-0.2, -0.15) is 0 Å². The van der Waals surface area contributed by atoms with E-state index >= 15 is 0 Å². The van der Waals surface area contributed by atoms with Crippen molar-refractivity contribution in [3.63, 3.8) is 0 Å². The summed E-state index contributed by atoms with van der Waals surface area (Å²) in [7, 11) is 1.84. The topological polar surface area (TPSA) is 33.3 Å². The molecule has 1 aliphatic carbocycles. The maximum absolute atomic E-state index is 5.49. The maximum atomic E-state index is 5.49. The fourth-order valence-electron chi connectivity index (χ4n) is 3.08. The number of rotatable bonds is 5. The molecular formula is C13H26N2O. The van der Waals surface area contributed by atoms with E-state index in [0.29, 0.717) is 12.1 Å². The van der Waals surface area contributed by atoms with E-state index in [0.717, 1.165) is 12.5 Å². The molecule has 2 N–H and O–H groups in total. The summed E-state index contributed by atoms with van der Waals surface area (Å²) in [5, 5.41) is 7.16. The van der Waals surface area contributed by atoms with Crippen molar-refractivity contribution in [2.45, 2.75) is 50.7 Å². The van der Waals surface area contributed by atoms with Crippen molar-refractivity contribution in [2.75, 3.05) is 26.7 Å². The van der Waals surface area contributed by atoms with Gasteiger partial charge >= 0.3 is 0 Å². The molecule has 3 nitrogen and oxygen atoms in total. The van der Waals surface area contributed by atoms with Crippen molar-refractivity contribution in [1.82, 2.24) is 10.6 Å². The predicted molar refractivity (Wildman–Crippen MR) is 66.6 cm³/mol. The van der Waals surface area contributed by atoms with Gasteiger partial charge in [-0.1, -0.05) is 0 Å². The molecule has 2 rings (SSSR count). The number of hydrogen-bond acceptors (Lipinski definition) is 3. The Morgan fingerprint density at radius 2 is 2.19 bits per heavy atom. The monoisotopic (exact) mass is 226 g/mol. The van der Waals surface area contributed by atoms with E-state index in [4.69, 9.17) is 4.74 Å². The van der Waals surface area contributed by atoms with Gasteiger partial charge in [-0.3, -0.25) is 0 Å². The van der Waals surface area contributed by atoms with Crippen LogP contribution in [0, 0.1) is 5.92 Å². The Morgan fingerprint density at radius 1 is 1.25 bits per heavy atom. The van der Waals surface area contributed by atoms with Gasteiger partial charge in [-0.25, -0.2) is 0 Å². The summed E-state index contributed by atoms with van der Waals surface area (Å²) >= 11 is 0. The number of nitrogens with one attached hydrogen (secondary N) is 2. The molecule has 3 unspecified atom stereocenters. The van der Waals surface area contributed by atoms with Crippen LogP contribution in [-0.4, -0.2) is 38.9 Å². The van der Waals surface area contributed by atoms with E-state index in [9.17, 15) is 0 Å². The minimum Gasteiger partial charge on any atom is -0.380 e. The molecule has 0 aromatic heterocycles. The highest BCUT2D eigenvalue weighted by Crippen LogP contribution is 2.21. The first-order chi connectivity index (χ1) is 7.90. The average molecular weight is 226 g/mol. The standard InChI is InChI=1S/C13H26N2O/c1-16-13-6-2-5-12(13)15-9-7-11-4-3-8-14-10-11/h11-15H,2-10H2,1H3. The van der Waals surface area contributed by atoms with Crippen LogP contribution in [0.25, 0.3) is 0 Å². The van der Waals surface area contributed by atoms with Crippen LogP contribution in [0.1, 0.15) is 38.5 Å². The van der Waals surface area contributed by atoms with Crippen molar-refractivity contribution in [1.29, 1.82) is 0 Å². The van der Waals surface area contributed by atoms with E-state index in [1.54, 1.807) is 0 Å². The Kier molecular flexibility index (Phi) is 5.07. The van der Waals surface area contributed by atoms with Gasteiger partial charge in [0.1, 0.15) is 0 Å². The number of methoxy groups -OCH3 is 1. The average Bonchev–Trinajstić information content (AvgIpc) is 2.78. The normalized spacial score (nSPS) is 35.4. The molecule has 3 atom stereocenters. The Balaban J connectivity index is 1.59. The first-order valence-corrected chi connectivity index (χ1v) is 6.87. The summed E-state index contributed by atoms with van der Waals surface area (Å²) in [6.45, 7) is 3.61. The number of piperidine rings is 1. The van der Waals surface area contributed by atoms with Gasteiger partial charge in [0.2, 0.25) is 0 Å². The lowest BCUT2D eigenvalue weighted by molar-refractivity contribution is 0.0846. The van der Waals surface area contributed by atoms with E-state index in [2.05, 4.69) is 10.6 Å². The quantitative estimate of drug-likeness (QED) is 0.746. The van der Waals surface area contributed by atoms with Crippen molar-refractivity contribution >= 4 is 0 Å². The lowest BCUT2D eigenvalue weighted by Gasteiger charge is -2.25. The number of ether oxygens (including phenoxy) is 1. The zero-order valence-corrected chi connectivity index (χ0v) is 10.5. The Hall–Kier alpha value is -0.120. The highest BCUT2D eigenvalue weighted by Gasteiger charge is 2.26. The first kappa shape index (κ1) is 12.3. The minimum absolute atomic E-state index is 0.462. The van der Waals surface area contributed by atoms with Crippen LogP contribution in [0.4, 0.5) is 0 Å². The van der Waals surface area contributed by atoms with Gasteiger partial charge in [-0.15, -0.1) is 0 Å². The largest absolute Gasteiger partial charge is 0.380 e. The molecule has 2 aliphatic rings. The Morgan fingerprint density at radius 3 is 2.94 bits per heavy atom. The lowest BCUT2D eigenvalue weighted by atomic mass is 9.96. The molecule has 1 saturated heterocycles. The molecule has 3 heteroatoms. The van der Waals surface area contributed by atoms with E-state index in [1.165, 1.54) is 51.6 Å². The SMILES string of the molecule is COC1CCCC1NCCC1CCCNC1. The summed E-state index contributed by atoms with van der Waals surface area (Å²) in [5.74, 6) is 0.892. The molecule has 0 aromatic rings. The van der Waals surface area contributed by atoms with Gasteiger partial charge in [0, 0.05) is 13.2 Å². The van der Waals surface area contributed by atoms with Gasteiger partial charge in [0.25, 0.3) is 0 Å². The molecule has 0 radical (unpaired) electrons. The van der Waals surface area contributed by atoms with Crippen molar-refractivity contribution in [2.24, 2.45) is 5.92 Å². The van der Waals surface area contributed by atoms with Crippen LogP contribution in [0.15, 0.2) is 0 Å². The zero-order valence-electron chi connectivity index (χ0n) is 10.5. The number of hydrogen-bond donors (Lipinski definition) is 2. The summed E-state index contributed by atoms with van der Waals surface area (Å²) in [6, 6.07) is 0.613. The molecule has 94 valence electrons. The van der Waals surface area contributed by atoms with Crippen LogP contribution >= 0.6 is 0 Å². The smallest absolute Gasteiger partial charge is 0.0724 e.